The minimum Gasteiger partial charge on any atom is -0.389 e. The Morgan fingerprint density at radius 2 is 2.06 bits per heavy atom. The van der Waals surface area contributed by atoms with Crippen molar-refractivity contribution in [3.05, 3.63) is 0 Å². The van der Waals surface area contributed by atoms with Gasteiger partial charge >= 0.3 is 0 Å². The standard InChI is InChI=1S/C13H26N2O/c1-10(13(2,3)16)14-8-11-6-7-15(9-11)12-4-5-12/h10-12,14,16H,4-9H2,1-3H3. The molecule has 1 saturated carbocycles. The molecule has 3 heteroatoms. The largest absolute Gasteiger partial charge is 0.389 e. The van der Waals surface area contributed by atoms with Crippen LogP contribution >= 0.6 is 0 Å². The molecule has 0 aromatic carbocycles. The monoisotopic (exact) mass is 226 g/mol. The van der Waals surface area contributed by atoms with Crippen LogP contribution in [0, 0.1) is 5.92 Å². The Kier molecular flexibility index (Phi) is 3.57. The van der Waals surface area contributed by atoms with Gasteiger partial charge in [-0.15, -0.1) is 0 Å². The highest BCUT2D eigenvalue weighted by Crippen LogP contribution is 2.31. The van der Waals surface area contributed by atoms with E-state index in [9.17, 15) is 5.11 Å². The van der Waals surface area contributed by atoms with Crippen molar-refractivity contribution >= 4 is 0 Å². The van der Waals surface area contributed by atoms with Gasteiger partial charge in [0.25, 0.3) is 0 Å². The van der Waals surface area contributed by atoms with E-state index in [-0.39, 0.29) is 6.04 Å². The Morgan fingerprint density at radius 3 is 2.62 bits per heavy atom. The lowest BCUT2D eigenvalue weighted by molar-refractivity contribution is 0.0430. The fraction of sp³-hybridized carbons (Fsp3) is 1.00. The summed E-state index contributed by atoms with van der Waals surface area (Å²) in [5, 5.41) is 13.3. The molecule has 1 aliphatic carbocycles. The summed E-state index contributed by atoms with van der Waals surface area (Å²) >= 11 is 0. The minimum atomic E-state index is -0.616. The molecule has 1 heterocycles. The number of hydrogen-bond acceptors (Lipinski definition) is 3. The zero-order valence-corrected chi connectivity index (χ0v) is 10.9. The summed E-state index contributed by atoms with van der Waals surface area (Å²) in [6.45, 7) is 9.40. The Hall–Kier alpha value is -0.120. The quantitative estimate of drug-likeness (QED) is 0.740. The lowest BCUT2D eigenvalue weighted by Crippen LogP contribution is -2.46. The van der Waals surface area contributed by atoms with E-state index in [1.54, 1.807) is 0 Å². The van der Waals surface area contributed by atoms with Gasteiger partial charge in [-0.2, -0.15) is 0 Å². The first kappa shape index (κ1) is 12.3. The van der Waals surface area contributed by atoms with E-state index < -0.39 is 5.60 Å². The summed E-state index contributed by atoms with van der Waals surface area (Å²) in [4.78, 5) is 2.64. The summed E-state index contributed by atoms with van der Waals surface area (Å²) < 4.78 is 0. The van der Waals surface area contributed by atoms with E-state index >= 15 is 0 Å². The zero-order chi connectivity index (χ0) is 11.8. The van der Waals surface area contributed by atoms with E-state index in [2.05, 4.69) is 17.1 Å². The SMILES string of the molecule is CC(NCC1CCN(C2CC2)C1)C(C)(C)O. The van der Waals surface area contributed by atoms with Crippen molar-refractivity contribution in [3.63, 3.8) is 0 Å². The molecule has 2 fully saturated rings. The summed E-state index contributed by atoms with van der Waals surface area (Å²) in [5.74, 6) is 0.783. The normalized spacial score (nSPS) is 29.6. The molecule has 0 radical (unpaired) electrons. The fourth-order valence-corrected chi connectivity index (χ4v) is 2.39. The third-order valence-electron chi connectivity index (χ3n) is 4.15. The average molecular weight is 226 g/mol. The Morgan fingerprint density at radius 1 is 1.38 bits per heavy atom. The lowest BCUT2D eigenvalue weighted by atomic mass is 10.00. The molecule has 2 aliphatic rings. The smallest absolute Gasteiger partial charge is 0.0741 e. The number of hydrogen-bond donors (Lipinski definition) is 2. The third-order valence-corrected chi connectivity index (χ3v) is 4.15. The molecule has 2 atom stereocenters. The highest BCUT2D eigenvalue weighted by molar-refractivity contribution is 4.90. The predicted molar refractivity (Wildman–Crippen MR) is 66.5 cm³/mol. The maximum Gasteiger partial charge on any atom is 0.0741 e. The van der Waals surface area contributed by atoms with Gasteiger partial charge in [-0.05, 0) is 59.0 Å². The van der Waals surface area contributed by atoms with Crippen molar-refractivity contribution in [2.24, 2.45) is 5.92 Å². The van der Waals surface area contributed by atoms with Crippen LogP contribution in [-0.4, -0.2) is 47.3 Å². The molecular formula is C13H26N2O. The van der Waals surface area contributed by atoms with Gasteiger partial charge in [0.1, 0.15) is 0 Å². The average Bonchev–Trinajstić information content (AvgIpc) is 2.94. The van der Waals surface area contributed by atoms with Crippen molar-refractivity contribution < 1.29 is 5.11 Å². The molecule has 0 amide bonds. The van der Waals surface area contributed by atoms with Gasteiger partial charge < -0.3 is 15.3 Å². The topological polar surface area (TPSA) is 35.5 Å². The predicted octanol–water partition coefficient (Wildman–Crippen LogP) is 1.22. The summed E-state index contributed by atoms with van der Waals surface area (Å²) in [7, 11) is 0. The van der Waals surface area contributed by atoms with E-state index in [0.29, 0.717) is 0 Å². The summed E-state index contributed by atoms with van der Waals surface area (Å²) in [5.41, 5.74) is -0.616. The molecule has 0 aromatic heterocycles. The molecule has 0 spiro atoms. The maximum absolute atomic E-state index is 9.84. The highest BCUT2D eigenvalue weighted by atomic mass is 16.3. The van der Waals surface area contributed by atoms with Gasteiger partial charge in [-0.3, -0.25) is 0 Å². The first-order valence-corrected chi connectivity index (χ1v) is 6.66. The van der Waals surface area contributed by atoms with Crippen LogP contribution in [0.4, 0.5) is 0 Å². The first-order valence-electron chi connectivity index (χ1n) is 6.66. The first-order chi connectivity index (χ1) is 7.47. The van der Waals surface area contributed by atoms with Gasteiger partial charge in [-0.25, -0.2) is 0 Å². The lowest BCUT2D eigenvalue weighted by Gasteiger charge is -2.28. The van der Waals surface area contributed by atoms with Crippen molar-refractivity contribution in [2.45, 2.75) is 57.7 Å². The molecule has 1 saturated heterocycles. The van der Waals surface area contributed by atoms with Crippen LogP contribution in [0.5, 0.6) is 0 Å². The third kappa shape index (κ3) is 3.19. The van der Waals surface area contributed by atoms with Crippen LogP contribution in [0.15, 0.2) is 0 Å². The number of nitrogens with zero attached hydrogens (tertiary/aromatic N) is 1. The molecular weight excluding hydrogens is 200 g/mol. The summed E-state index contributed by atoms with van der Waals surface area (Å²) in [6, 6.07) is 1.08. The molecule has 1 aliphatic heterocycles. The minimum absolute atomic E-state index is 0.169. The molecule has 16 heavy (non-hydrogen) atoms. The molecule has 94 valence electrons. The molecule has 0 bridgehead atoms. The number of rotatable bonds is 5. The van der Waals surface area contributed by atoms with Gasteiger partial charge in [0.15, 0.2) is 0 Å². The maximum atomic E-state index is 9.84. The van der Waals surface area contributed by atoms with Gasteiger partial charge in [0, 0.05) is 18.6 Å². The second kappa shape index (κ2) is 4.63. The molecule has 2 rings (SSSR count). The fourth-order valence-electron chi connectivity index (χ4n) is 2.39. The zero-order valence-electron chi connectivity index (χ0n) is 10.9. The number of likely N-dealkylation sites (tertiary alicyclic amines) is 1. The Balaban J connectivity index is 1.67. The van der Waals surface area contributed by atoms with E-state index in [4.69, 9.17) is 0 Å². The van der Waals surface area contributed by atoms with Gasteiger partial charge in [0.2, 0.25) is 0 Å². The van der Waals surface area contributed by atoms with Crippen molar-refractivity contribution in [1.82, 2.24) is 10.2 Å². The molecule has 2 unspecified atom stereocenters. The number of nitrogens with one attached hydrogen (secondary N) is 1. The van der Waals surface area contributed by atoms with Crippen LogP contribution in [-0.2, 0) is 0 Å². The van der Waals surface area contributed by atoms with Crippen LogP contribution in [0.1, 0.15) is 40.0 Å². The highest BCUT2D eigenvalue weighted by Gasteiger charge is 2.34. The summed E-state index contributed by atoms with van der Waals surface area (Å²) in [6.07, 6.45) is 4.16. The second-order valence-corrected chi connectivity index (χ2v) is 6.16. The Bertz CT molecular complexity index is 233. The van der Waals surface area contributed by atoms with E-state index in [1.807, 2.05) is 13.8 Å². The van der Waals surface area contributed by atoms with Crippen LogP contribution in [0.25, 0.3) is 0 Å². The van der Waals surface area contributed by atoms with Gasteiger partial charge in [0.05, 0.1) is 5.60 Å². The van der Waals surface area contributed by atoms with Crippen LogP contribution in [0.3, 0.4) is 0 Å². The van der Waals surface area contributed by atoms with Crippen LogP contribution in [0.2, 0.25) is 0 Å². The van der Waals surface area contributed by atoms with E-state index in [0.717, 1.165) is 18.5 Å². The van der Waals surface area contributed by atoms with Crippen LogP contribution < -0.4 is 5.32 Å². The van der Waals surface area contributed by atoms with Crippen molar-refractivity contribution in [1.29, 1.82) is 0 Å². The van der Waals surface area contributed by atoms with E-state index in [1.165, 1.54) is 32.4 Å². The molecule has 0 aromatic rings. The molecule has 3 nitrogen and oxygen atoms in total. The molecule has 2 N–H and O–H groups in total. The second-order valence-electron chi connectivity index (χ2n) is 6.16. The Labute approximate surface area is 99.2 Å². The van der Waals surface area contributed by atoms with Crippen molar-refractivity contribution in [3.8, 4) is 0 Å². The number of aliphatic hydroxyl groups is 1. The van der Waals surface area contributed by atoms with Gasteiger partial charge in [-0.1, -0.05) is 0 Å². The van der Waals surface area contributed by atoms with Crippen molar-refractivity contribution in [2.75, 3.05) is 19.6 Å².